The van der Waals surface area contributed by atoms with Gasteiger partial charge in [-0.2, -0.15) is 0 Å². The Morgan fingerprint density at radius 3 is 2.89 bits per heavy atom. The molecular weight excluding hydrogens is 230 g/mol. The average molecular weight is 251 g/mol. The number of carbonyl (C=O) groups is 1. The summed E-state index contributed by atoms with van der Waals surface area (Å²) in [6.07, 6.45) is 6.50. The molecule has 2 atom stereocenters. The first-order valence-electron chi connectivity index (χ1n) is 6.98. The largest absolute Gasteiger partial charge is 0.376 e. The highest BCUT2D eigenvalue weighted by Gasteiger charge is 2.41. The molecule has 0 radical (unpaired) electrons. The van der Waals surface area contributed by atoms with Crippen molar-refractivity contribution in [3.63, 3.8) is 0 Å². The number of methoxy groups -OCH3 is 1. The molecule has 1 amide bonds. The predicted octanol–water partition coefficient (Wildman–Crippen LogP) is 1.85. The molecule has 0 saturated carbocycles. The van der Waals surface area contributed by atoms with Crippen molar-refractivity contribution in [1.29, 1.82) is 0 Å². The minimum Gasteiger partial charge on any atom is -0.376 e. The maximum atomic E-state index is 12.4. The van der Waals surface area contributed by atoms with E-state index in [0.717, 1.165) is 44.3 Å². The summed E-state index contributed by atoms with van der Waals surface area (Å²) in [5.74, 6) is 0.187. The summed E-state index contributed by atoms with van der Waals surface area (Å²) in [6, 6.07) is 0. The number of nitrogens with zero attached hydrogens (tertiary/aromatic N) is 1. The van der Waals surface area contributed by atoms with E-state index in [-0.39, 0.29) is 18.2 Å². The first kappa shape index (κ1) is 12.2. The van der Waals surface area contributed by atoms with Crippen LogP contribution in [0.2, 0.25) is 0 Å². The molecule has 0 aromatic heterocycles. The molecule has 2 heterocycles. The molecule has 0 bridgehead atoms. The van der Waals surface area contributed by atoms with Crippen molar-refractivity contribution in [2.75, 3.05) is 20.3 Å². The van der Waals surface area contributed by atoms with E-state index < -0.39 is 0 Å². The lowest BCUT2D eigenvalue weighted by Gasteiger charge is -2.28. The van der Waals surface area contributed by atoms with Crippen molar-refractivity contribution in [3.05, 3.63) is 11.1 Å². The molecule has 0 spiro atoms. The first-order valence-corrected chi connectivity index (χ1v) is 6.98. The zero-order valence-corrected chi connectivity index (χ0v) is 11.0. The molecule has 4 heteroatoms. The van der Waals surface area contributed by atoms with Gasteiger partial charge in [-0.1, -0.05) is 0 Å². The van der Waals surface area contributed by atoms with Crippen molar-refractivity contribution >= 4 is 5.91 Å². The van der Waals surface area contributed by atoms with Crippen LogP contribution in [-0.4, -0.2) is 43.4 Å². The second kappa shape index (κ2) is 5.02. The van der Waals surface area contributed by atoms with Crippen molar-refractivity contribution in [1.82, 2.24) is 4.90 Å². The first-order chi connectivity index (χ1) is 8.81. The average Bonchev–Trinajstić information content (AvgIpc) is 2.99. The highest BCUT2D eigenvalue weighted by molar-refractivity contribution is 5.97. The molecule has 0 aromatic rings. The topological polar surface area (TPSA) is 38.8 Å². The van der Waals surface area contributed by atoms with Gasteiger partial charge in [-0.05, 0) is 44.1 Å². The van der Waals surface area contributed by atoms with Gasteiger partial charge in [0.15, 0.2) is 6.23 Å². The molecule has 100 valence electrons. The molecular formula is C14H21NO3. The molecule has 0 aromatic carbocycles. The quantitative estimate of drug-likeness (QED) is 0.768. The van der Waals surface area contributed by atoms with Crippen LogP contribution in [0.4, 0.5) is 0 Å². The van der Waals surface area contributed by atoms with Crippen LogP contribution in [0.25, 0.3) is 0 Å². The molecule has 3 rings (SSSR count). The predicted molar refractivity (Wildman–Crippen MR) is 67.0 cm³/mol. The molecule has 1 saturated heterocycles. The Morgan fingerprint density at radius 1 is 1.33 bits per heavy atom. The van der Waals surface area contributed by atoms with Gasteiger partial charge in [-0.25, -0.2) is 0 Å². The lowest BCUT2D eigenvalue weighted by Crippen LogP contribution is -2.41. The second-order valence-electron chi connectivity index (χ2n) is 5.39. The summed E-state index contributed by atoms with van der Waals surface area (Å²) in [6.45, 7) is 1.52. The Labute approximate surface area is 108 Å². The third-order valence-electron chi connectivity index (χ3n) is 4.26. The van der Waals surface area contributed by atoms with Gasteiger partial charge in [0, 0.05) is 19.3 Å². The zero-order chi connectivity index (χ0) is 12.5. The van der Waals surface area contributed by atoms with E-state index in [9.17, 15) is 4.79 Å². The lowest BCUT2D eigenvalue weighted by atomic mass is 9.93. The summed E-state index contributed by atoms with van der Waals surface area (Å²) < 4.78 is 11.2. The SMILES string of the molecule is CO[C@H]1C2=C(CCCC2)C(=O)N1C[C@H]1CCCO1. The summed E-state index contributed by atoms with van der Waals surface area (Å²) in [5, 5.41) is 0. The number of amides is 1. The highest BCUT2D eigenvalue weighted by atomic mass is 16.5. The second-order valence-corrected chi connectivity index (χ2v) is 5.39. The molecule has 1 aliphatic carbocycles. The van der Waals surface area contributed by atoms with E-state index in [1.807, 2.05) is 4.90 Å². The van der Waals surface area contributed by atoms with Crippen LogP contribution in [0, 0.1) is 0 Å². The summed E-state index contributed by atoms with van der Waals surface area (Å²) in [5.41, 5.74) is 2.25. The highest BCUT2D eigenvalue weighted by Crippen LogP contribution is 2.37. The van der Waals surface area contributed by atoms with E-state index in [1.165, 1.54) is 12.0 Å². The Hall–Kier alpha value is -0.870. The molecule has 3 aliphatic rings. The van der Waals surface area contributed by atoms with Gasteiger partial charge < -0.3 is 14.4 Å². The number of hydrogen-bond acceptors (Lipinski definition) is 3. The maximum absolute atomic E-state index is 12.4. The number of rotatable bonds is 3. The fraction of sp³-hybridized carbons (Fsp3) is 0.786. The Kier molecular flexibility index (Phi) is 3.39. The van der Waals surface area contributed by atoms with Gasteiger partial charge in [0.2, 0.25) is 0 Å². The number of hydrogen-bond donors (Lipinski definition) is 0. The van der Waals surface area contributed by atoms with E-state index in [0.29, 0.717) is 6.54 Å². The fourth-order valence-corrected chi connectivity index (χ4v) is 3.37. The van der Waals surface area contributed by atoms with Crippen LogP contribution in [-0.2, 0) is 14.3 Å². The monoisotopic (exact) mass is 251 g/mol. The molecule has 0 N–H and O–H groups in total. The van der Waals surface area contributed by atoms with Crippen molar-refractivity contribution < 1.29 is 14.3 Å². The Morgan fingerprint density at radius 2 is 2.17 bits per heavy atom. The molecule has 1 fully saturated rings. The van der Waals surface area contributed by atoms with E-state index >= 15 is 0 Å². The summed E-state index contributed by atoms with van der Waals surface area (Å²) in [7, 11) is 1.70. The summed E-state index contributed by atoms with van der Waals surface area (Å²) >= 11 is 0. The normalized spacial score (nSPS) is 32.3. The van der Waals surface area contributed by atoms with Crippen LogP contribution in [0.5, 0.6) is 0 Å². The van der Waals surface area contributed by atoms with Crippen molar-refractivity contribution in [3.8, 4) is 0 Å². The standard InChI is InChI=1S/C14H21NO3/c1-17-14-12-7-3-2-6-11(12)13(16)15(14)9-10-5-4-8-18-10/h10,14H,2-9H2,1H3/t10-,14+/m1/s1. The molecule has 4 nitrogen and oxygen atoms in total. The zero-order valence-electron chi connectivity index (χ0n) is 11.0. The van der Waals surface area contributed by atoms with E-state index in [4.69, 9.17) is 9.47 Å². The smallest absolute Gasteiger partial charge is 0.252 e. The fourth-order valence-electron chi connectivity index (χ4n) is 3.37. The van der Waals surface area contributed by atoms with Gasteiger partial charge in [0.1, 0.15) is 0 Å². The number of carbonyl (C=O) groups excluding carboxylic acids is 1. The Balaban J connectivity index is 1.76. The lowest BCUT2D eigenvalue weighted by molar-refractivity contribution is -0.136. The Bertz CT molecular complexity index is 371. The van der Waals surface area contributed by atoms with E-state index in [2.05, 4.69) is 0 Å². The minimum absolute atomic E-state index is 0.128. The third-order valence-corrected chi connectivity index (χ3v) is 4.26. The molecule has 18 heavy (non-hydrogen) atoms. The number of ether oxygens (including phenoxy) is 2. The van der Waals surface area contributed by atoms with Crippen molar-refractivity contribution in [2.24, 2.45) is 0 Å². The van der Waals surface area contributed by atoms with Crippen LogP contribution in [0.15, 0.2) is 11.1 Å². The molecule has 2 aliphatic heterocycles. The minimum atomic E-state index is -0.128. The van der Waals surface area contributed by atoms with Crippen LogP contribution >= 0.6 is 0 Å². The van der Waals surface area contributed by atoms with Crippen molar-refractivity contribution in [2.45, 2.75) is 50.9 Å². The third kappa shape index (κ3) is 1.97. The van der Waals surface area contributed by atoms with Crippen LogP contribution in [0.1, 0.15) is 38.5 Å². The van der Waals surface area contributed by atoms with Crippen LogP contribution in [0.3, 0.4) is 0 Å². The van der Waals surface area contributed by atoms with Gasteiger partial charge >= 0.3 is 0 Å². The van der Waals surface area contributed by atoms with Crippen LogP contribution < -0.4 is 0 Å². The van der Waals surface area contributed by atoms with Gasteiger partial charge in [-0.15, -0.1) is 0 Å². The van der Waals surface area contributed by atoms with Gasteiger partial charge in [-0.3, -0.25) is 4.79 Å². The molecule has 0 unspecified atom stereocenters. The van der Waals surface area contributed by atoms with Gasteiger partial charge in [0.05, 0.1) is 12.6 Å². The van der Waals surface area contributed by atoms with Gasteiger partial charge in [0.25, 0.3) is 5.91 Å². The maximum Gasteiger partial charge on any atom is 0.252 e. The summed E-state index contributed by atoms with van der Waals surface area (Å²) in [4.78, 5) is 14.3. The van der Waals surface area contributed by atoms with E-state index in [1.54, 1.807) is 7.11 Å².